The highest BCUT2D eigenvalue weighted by Crippen LogP contribution is 2.14. The van der Waals surface area contributed by atoms with Crippen molar-refractivity contribution in [3.8, 4) is 0 Å². The average Bonchev–Trinajstić information content (AvgIpc) is 2.01. The van der Waals surface area contributed by atoms with Gasteiger partial charge in [-0.3, -0.25) is 9.59 Å². The number of aliphatic carboxylic acids is 1. The van der Waals surface area contributed by atoms with E-state index in [1.165, 1.54) is 7.11 Å². The molecule has 0 aliphatic carbocycles. The Kier molecular flexibility index (Phi) is 5.15. The van der Waals surface area contributed by atoms with Crippen molar-refractivity contribution < 1.29 is 24.2 Å². The number of carboxylic acid groups (broad SMARTS) is 1. The summed E-state index contributed by atoms with van der Waals surface area (Å²) in [6, 6.07) is 0. The summed E-state index contributed by atoms with van der Waals surface area (Å²) in [4.78, 5) is 21.1. The molecule has 0 saturated heterocycles. The van der Waals surface area contributed by atoms with Crippen LogP contribution in [0.25, 0.3) is 0 Å². The van der Waals surface area contributed by atoms with Crippen LogP contribution in [0, 0.1) is 0 Å². The molecule has 0 fully saturated rings. The first kappa shape index (κ1) is 12.9. The number of carbonyl (C=O) groups excluding carboxylic acids is 1. The van der Waals surface area contributed by atoms with Gasteiger partial charge in [0.15, 0.2) is 0 Å². The van der Waals surface area contributed by atoms with Crippen LogP contribution < -0.4 is 0 Å². The summed E-state index contributed by atoms with van der Waals surface area (Å²) in [5.41, 5.74) is -0.750. The van der Waals surface area contributed by atoms with Gasteiger partial charge in [-0.05, 0) is 13.8 Å². The maximum Gasteiger partial charge on any atom is 0.307 e. The molecule has 0 rings (SSSR count). The number of esters is 1. The van der Waals surface area contributed by atoms with Crippen molar-refractivity contribution in [3.63, 3.8) is 0 Å². The van der Waals surface area contributed by atoms with E-state index in [4.69, 9.17) is 9.84 Å². The van der Waals surface area contributed by atoms with Crippen molar-refractivity contribution in [2.75, 3.05) is 13.7 Å². The number of hydrogen-bond acceptors (Lipinski definition) is 4. The van der Waals surface area contributed by atoms with Crippen LogP contribution in [0.4, 0.5) is 0 Å². The van der Waals surface area contributed by atoms with E-state index in [2.05, 4.69) is 4.74 Å². The smallest absolute Gasteiger partial charge is 0.307 e. The second kappa shape index (κ2) is 5.59. The molecule has 14 heavy (non-hydrogen) atoms. The first-order valence-electron chi connectivity index (χ1n) is 4.30. The third-order valence-corrected chi connectivity index (χ3v) is 1.60. The maximum absolute atomic E-state index is 10.7. The second-order valence-corrected chi connectivity index (χ2v) is 3.50. The quantitative estimate of drug-likeness (QED) is 0.648. The van der Waals surface area contributed by atoms with Crippen LogP contribution in [0.1, 0.15) is 26.7 Å². The fourth-order valence-corrected chi connectivity index (χ4v) is 0.928. The van der Waals surface area contributed by atoms with Gasteiger partial charge in [0.2, 0.25) is 0 Å². The molecular formula is C9H16O5. The van der Waals surface area contributed by atoms with Gasteiger partial charge in [0.1, 0.15) is 0 Å². The van der Waals surface area contributed by atoms with Gasteiger partial charge in [-0.1, -0.05) is 0 Å². The third-order valence-electron chi connectivity index (χ3n) is 1.60. The molecule has 0 atom stereocenters. The third kappa shape index (κ3) is 6.42. The molecule has 0 saturated carbocycles. The first-order chi connectivity index (χ1) is 6.37. The molecule has 82 valence electrons. The van der Waals surface area contributed by atoms with Crippen LogP contribution in [0.3, 0.4) is 0 Å². The topological polar surface area (TPSA) is 72.8 Å². The van der Waals surface area contributed by atoms with Crippen molar-refractivity contribution in [1.82, 2.24) is 0 Å². The van der Waals surface area contributed by atoms with Gasteiger partial charge in [-0.2, -0.15) is 0 Å². The maximum atomic E-state index is 10.7. The fraction of sp³-hybridized carbons (Fsp3) is 0.778. The largest absolute Gasteiger partial charge is 0.481 e. The molecule has 0 radical (unpaired) electrons. The Morgan fingerprint density at radius 3 is 2.36 bits per heavy atom. The molecule has 1 N–H and O–H groups in total. The van der Waals surface area contributed by atoms with Crippen LogP contribution in [0.15, 0.2) is 0 Å². The van der Waals surface area contributed by atoms with Crippen molar-refractivity contribution in [2.24, 2.45) is 0 Å². The van der Waals surface area contributed by atoms with E-state index in [-0.39, 0.29) is 25.4 Å². The Hall–Kier alpha value is -1.10. The Balaban J connectivity index is 3.76. The van der Waals surface area contributed by atoms with Crippen LogP contribution in [-0.2, 0) is 19.1 Å². The summed E-state index contributed by atoms with van der Waals surface area (Å²) in [7, 11) is 1.30. The lowest BCUT2D eigenvalue weighted by Gasteiger charge is -2.22. The monoisotopic (exact) mass is 204 g/mol. The lowest BCUT2D eigenvalue weighted by molar-refractivity contribution is -0.146. The Bertz CT molecular complexity index is 209. The summed E-state index contributed by atoms with van der Waals surface area (Å²) in [6.07, 6.45) is 0.0493. The summed E-state index contributed by atoms with van der Waals surface area (Å²) in [5, 5.41) is 8.53. The number of rotatable bonds is 6. The SMILES string of the molecule is COC(=O)CCOC(C)(C)CC(=O)O. The van der Waals surface area contributed by atoms with Gasteiger partial charge >= 0.3 is 11.9 Å². The predicted octanol–water partition coefficient (Wildman–Crippen LogP) is 0.819. The normalized spacial score (nSPS) is 11.1. The average molecular weight is 204 g/mol. The zero-order chi connectivity index (χ0) is 11.2. The van der Waals surface area contributed by atoms with Crippen LogP contribution in [0.2, 0.25) is 0 Å². The lowest BCUT2D eigenvalue weighted by Crippen LogP contribution is -2.29. The molecule has 0 aromatic rings. The van der Waals surface area contributed by atoms with Gasteiger partial charge in [-0.15, -0.1) is 0 Å². The molecule has 0 heterocycles. The van der Waals surface area contributed by atoms with Crippen LogP contribution >= 0.6 is 0 Å². The zero-order valence-corrected chi connectivity index (χ0v) is 8.70. The fourth-order valence-electron chi connectivity index (χ4n) is 0.928. The van der Waals surface area contributed by atoms with E-state index in [9.17, 15) is 9.59 Å². The van der Waals surface area contributed by atoms with Crippen LogP contribution in [0.5, 0.6) is 0 Å². The zero-order valence-electron chi connectivity index (χ0n) is 8.70. The molecule has 0 aromatic heterocycles. The van der Waals surface area contributed by atoms with E-state index in [0.717, 1.165) is 0 Å². The highest BCUT2D eigenvalue weighted by atomic mass is 16.5. The van der Waals surface area contributed by atoms with Gasteiger partial charge < -0.3 is 14.6 Å². The predicted molar refractivity (Wildman–Crippen MR) is 48.9 cm³/mol. The number of carboxylic acids is 1. The summed E-state index contributed by atoms with van der Waals surface area (Å²) in [5.74, 6) is -1.29. The van der Waals surface area contributed by atoms with Gasteiger partial charge in [0.05, 0.1) is 32.2 Å². The number of methoxy groups -OCH3 is 1. The molecular weight excluding hydrogens is 188 g/mol. The molecule has 5 nitrogen and oxygen atoms in total. The lowest BCUT2D eigenvalue weighted by atomic mass is 10.1. The molecule has 0 aliphatic heterocycles. The number of hydrogen-bond donors (Lipinski definition) is 1. The minimum Gasteiger partial charge on any atom is -0.481 e. The van der Waals surface area contributed by atoms with Crippen molar-refractivity contribution in [2.45, 2.75) is 32.3 Å². The minimum atomic E-state index is -0.923. The molecule has 0 spiro atoms. The summed E-state index contributed by atoms with van der Waals surface area (Å²) < 4.78 is 9.64. The Morgan fingerprint density at radius 2 is 1.93 bits per heavy atom. The first-order valence-corrected chi connectivity index (χ1v) is 4.30. The molecule has 5 heteroatoms. The van der Waals surface area contributed by atoms with E-state index in [1.54, 1.807) is 13.8 Å². The van der Waals surface area contributed by atoms with Crippen LogP contribution in [-0.4, -0.2) is 36.4 Å². The van der Waals surface area contributed by atoms with Gasteiger partial charge in [-0.25, -0.2) is 0 Å². The van der Waals surface area contributed by atoms with Crippen molar-refractivity contribution in [1.29, 1.82) is 0 Å². The minimum absolute atomic E-state index is 0.0891. The Labute approximate surface area is 83.0 Å². The van der Waals surface area contributed by atoms with E-state index >= 15 is 0 Å². The van der Waals surface area contributed by atoms with Gasteiger partial charge in [0.25, 0.3) is 0 Å². The van der Waals surface area contributed by atoms with E-state index in [0.29, 0.717) is 0 Å². The molecule has 0 bridgehead atoms. The number of ether oxygens (including phenoxy) is 2. The standard InChI is InChI=1S/C9H16O5/c1-9(2,6-7(10)11)14-5-4-8(12)13-3/h4-6H2,1-3H3,(H,10,11). The van der Waals surface area contributed by atoms with E-state index in [1.807, 2.05) is 0 Å². The highest BCUT2D eigenvalue weighted by molar-refractivity contribution is 5.69. The summed E-state index contributed by atoms with van der Waals surface area (Å²) in [6.45, 7) is 3.50. The number of carbonyl (C=O) groups is 2. The van der Waals surface area contributed by atoms with Crippen molar-refractivity contribution in [3.05, 3.63) is 0 Å². The molecule has 0 aliphatic rings. The molecule has 0 aromatic carbocycles. The van der Waals surface area contributed by atoms with Gasteiger partial charge in [0, 0.05) is 0 Å². The van der Waals surface area contributed by atoms with E-state index < -0.39 is 11.6 Å². The second-order valence-electron chi connectivity index (χ2n) is 3.50. The molecule has 0 unspecified atom stereocenters. The molecule has 0 amide bonds. The Morgan fingerprint density at radius 1 is 1.36 bits per heavy atom. The highest BCUT2D eigenvalue weighted by Gasteiger charge is 2.22. The summed E-state index contributed by atoms with van der Waals surface area (Å²) >= 11 is 0. The van der Waals surface area contributed by atoms with Crippen molar-refractivity contribution >= 4 is 11.9 Å².